The highest BCUT2D eigenvalue weighted by atomic mass is 35.5. The van der Waals surface area contributed by atoms with Crippen molar-refractivity contribution in [3.63, 3.8) is 0 Å². The number of carbonyl (C=O) groups is 1. The Kier molecular flexibility index (Phi) is 4.67. The molecule has 4 nitrogen and oxygen atoms in total. The summed E-state index contributed by atoms with van der Waals surface area (Å²) in [5.74, 6) is -1.92. The van der Waals surface area contributed by atoms with Crippen LogP contribution in [0.1, 0.15) is 15.9 Å². The molecule has 0 amide bonds. The van der Waals surface area contributed by atoms with Crippen LogP contribution in [0.25, 0.3) is 17.0 Å². The molecule has 0 bridgehead atoms. The number of rotatable bonds is 4. The van der Waals surface area contributed by atoms with E-state index in [1.165, 1.54) is 29.0 Å². The second kappa shape index (κ2) is 6.91. The van der Waals surface area contributed by atoms with Crippen LogP contribution in [-0.4, -0.2) is 15.6 Å². The maximum Gasteiger partial charge on any atom is 0.341 e. The summed E-state index contributed by atoms with van der Waals surface area (Å²) < 4.78 is 15.6. The average Bonchev–Trinajstić information content (AvgIpc) is 2.58. The van der Waals surface area contributed by atoms with Crippen molar-refractivity contribution in [2.75, 3.05) is 0 Å². The summed E-state index contributed by atoms with van der Waals surface area (Å²) in [4.78, 5) is 23.5. The molecule has 0 fully saturated rings. The number of aromatic nitrogens is 1. The summed E-state index contributed by atoms with van der Waals surface area (Å²) in [5, 5.41) is 9.87. The largest absolute Gasteiger partial charge is 0.477 e. The SMILES string of the molecule is O=C(O)c1cn(C/C=C/c2ccc(Cl)cc2)c2c(F)cccc2c1=O. The van der Waals surface area contributed by atoms with Crippen LogP contribution in [0.3, 0.4) is 0 Å². The number of carboxylic acid groups (broad SMARTS) is 1. The smallest absolute Gasteiger partial charge is 0.341 e. The minimum absolute atomic E-state index is 0.0415. The summed E-state index contributed by atoms with van der Waals surface area (Å²) in [5.41, 5.74) is -0.107. The van der Waals surface area contributed by atoms with Gasteiger partial charge in [0.05, 0.1) is 5.52 Å². The molecule has 1 aromatic heterocycles. The van der Waals surface area contributed by atoms with Crippen LogP contribution in [0.5, 0.6) is 0 Å². The lowest BCUT2D eigenvalue weighted by atomic mass is 10.1. The molecule has 2 aromatic carbocycles. The molecule has 0 spiro atoms. The third kappa shape index (κ3) is 3.46. The van der Waals surface area contributed by atoms with Gasteiger partial charge in [0.15, 0.2) is 0 Å². The summed E-state index contributed by atoms with van der Waals surface area (Å²) in [6.07, 6.45) is 4.73. The summed E-state index contributed by atoms with van der Waals surface area (Å²) in [6.45, 7) is 0.209. The molecule has 3 rings (SSSR count). The first-order valence-electron chi connectivity index (χ1n) is 7.44. The van der Waals surface area contributed by atoms with Crippen molar-refractivity contribution < 1.29 is 14.3 Å². The molecule has 0 radical (unpaired) electrons. The average molecular weight is 358 g/mol. The molecule has 0 saturated heterocycles. The van der Waals surface area contributed by atoms with E-state index in [0.29, 0.717) is 5.02 Å². The van der Waals surface area contributed by atoms with E-state index in [2.05, 4.69) is 0 Å². The maximum atomic E-state index is 14.2. The topological polar surface area (TPSA) is 59.3 Å². The number of pyridine rings is 1. The van der Waals surface area contributed by atoms with Gasteiger partial charge in [0.2, 0.25) is 5.43 Å². The number of hydrogen-bond acceptors (Lipinski definition) is 2. The second-order valence-corrected chi connectivity index (χ2v) is 5.86. The van der Waals surface area contributed by atoms with Crippen molar-refractivity contribution in [3.8, 4) is 0 Å². The number of hydrogen-bond donors (Lipinski definition) is 1. The first-order valence-corrected chi connectivity index (χ1v) is 7.82. The molecule has 0 saturated carbocycles. The van der Waals surface area contributed by atoms with Gasteiger partial charge in [0.1, 0.15) is 11.4 Å². The third-order valence-electron chi connectivity index (χ3n) is 3.76. The quantitative estimate of drug-likeness (QED) is 0.761. The summed E-state index contributed by atoms with van der Waals surface area (Å²) in [6, 6.07) is 11.2. The number of benzene rings is 2. The number of halogens is 2. The molecule has 0 aliphatic heterocycles. The Balaban J connectivity index is 2.05. The molecule has 3 aromatic rings. The number of allylic oxidation sites excluding steroid dienone is 1. The minimum Gasteiger partial charge on any atom is -0.477 e. The highest BCUT2D eigenvalue weighted by molar-refractivity contribution is 6.30. The number of fused-ring (bicyclic) bond motifs is 1. The fourth-order valence-electron chi connectivity index (χ4n) is 2.59. The highest BCUT2D eigenvalue weighted by Crippen LogP contribution is 2.17. The first kappa shape index (κ1) is 16.9. The van der Waals surface area contributed by atoms with E-state index < -0.39 is 22.8 Å². The molecule has 25 heavy (non-hydrogen) atoms. The van der Waals surface area contributed by atoms with Gasteiger partial charge >= 0.3 is 5.97 Å². The first-order chi connectivity index (χ1) is 12.0. The lowest BCUT2D eigenvalue weighted by Crippen LogP contribution is -2.19. The zero-order valence-electron chi connectivity index (χ0n) is 12.9. The van der Waals surface area contributed by atoms with Crippen molar-refractivity contribution in [3.05, 3.63) is 86.9 Å². The zero-order chi connectivity index (χ0) is 18.0. The number of aromatic carboxylic acids is 1. The van der Waals surface area contributed by atoms with E-state index in [-0.39, 0.29) is 17.4 Å². The van der Waals surface area contributed by atoms with E-state index >= 15 is 0 Å². The number of para-hydroxylation sites is 1. The van der Waals surface area contributed by atoms with Gasteiger partial charge in [-0.25, -0.2) is 9.18 Å². The zero-order valence-corrected chi connectivity index (χ0v) is 13.7. The third-order valence-corrected chi connectivity index (χ3v) is 4.01. The van der Waals surface area contributed by atoms with Crippen molar-refractivity contribution in [2.24, 2.45) is 0 Å². The molecular weight excluding hydrogens is 345 g/mol. The van der Waals surface area contributed by atoms with Crippen molar-refractivity contribution in [1.82, 2.24) is 4.57 Å². The molecule has 1 heterocycles. The van der Waals surface area contributed by atoms with E-state index in [9.17, 15) is 19.1 Å². The predicted molar refractivity (Wildman–Crippen MR) is 95.6 cm³/mol. The molecule has 0 aliphatic rings. The van der Waals surface area contributed by atoms with Gasteiger partial charge in [-0.15, -0.1) is 0 Å². The Labute approximate surface area is 147 Å². The lowest BCUT2D eigenvalue weighted by Gasteiger charge is -2.11. The molecule has 1 N–H and O–H groups in total. The monoisotopic (exact) mass is 357 g/mol. The second-order valence-electron chi connectivity index (χ2n) is 5.42. The van der Waals surface area contributed by atoms with Crippen LogP contribution < -0.4 is 5.43 Å². The van der Waals surface area contributed by atoms with Crippen LogP contribution >= 0.6 is 11.6 Å². The molecule has 6 heteroatoms. The fraction of sp³-hybridized carbons (Fsp3) is 0.0526. The standard InChI is InChI=1S/C19H13ClFNO3/c20-13-8-6-12(7-9-13)3-2-10-22-11-15(19(24)25)18(23)14-4-1-5-16(21)17(14)22/h1-9,11H,10H2,(H,24,25)/b3-2+. The van der Waals surface area contributed by atoms with Gasteiger partial charge in [-0.3, -0.25) is 4.79 Å². The van der Waals surface area contributed by atoms with Gasteiger partial charge in [-0.1, -0.05) is 42.0 Å². The van der Waals surface area contributed by atoms with Gasteiger partial charge in [-0.05, 0) is 29.8 Å². The van der Waals surface area contributed by atoms with Crippen LogP contribution in [0.15, 0.2) is 59.5 Å². The van der Waals surface area contributed by atoms with Crippen LogP contribution in [0, 0.1) is 5.82 Å². The van der Waals surface area contributed by atoms with E-state index in [1.54, 1.807) is 18.2 Å². The predicted octanol–water partition coefficient (Wildman–Crippen LogP) is 4.21. The Hall–Kier alpha value is -2.92. The van der Waals surface area contributed by atoms with Crippen LogP contribution in [-0.2, 0) is 6.54 Å². The van der Waals surface area contributed by atoms with E-state index in [0.717, 1.165) is 5.56 Å². The van der Waals surface area contributed by atoms with Crippen molar-refractivity contribution >= 4 is 34.5 Å². The Morgan fingerprint density at radius 3 is 2.60 bits per heavy atom. The Morgan fingerprint density at radius 2 is 1.92 bits per heavy atom. The van der Waals surface area contributed by atoms with Gasteiger partial charge < -0.3 is 9.67 Å². The van der Waals surface area contributed by atoms with Gasteiger partial charge in [0.25, 0.3) is 0 Å². The van der Waals surface area contributed by atoms with Gasteiger partial charge in [-0.2, -0.15) is 0 Å². The summed E-state index contributed by atoms with van der Waals surface area (Å²) >= 11 is 5.83. The Morgan fingerprint density at radius 1 is 1.20 bits per heavy atom. The van der Waals surface area contributed by atoms with Crippen LogP contribution in [0.2, 0.25) is 5.02 Å². The van der Waals surface area contributed by atoms with E-state index in [4.69, 9.17) is 11.6 Å². The molecule has 0 atom stereocenters. The molecule has 0 aliphatic carbocycles. The van der Waals surface area contributed by atoms with Crippen LogP contribution in [0.4, 0.5) is 4.39 Å². The highest BCUT2D eigenvalue weighted by Gasteiger charge is 2.16. The van der Waals surface area contributed by atoms with Gasteiger partial charge in [0, 0.05) is 23.2 Å². The van der Waals surface area contributed by atoms with Crippen molar-refractivity contribution in [2.45, 2.75) is 6.54 Å². The number of carboxylic acids is 1. The Bertz CT molecular complexity index is 1040. The molecule has 0 unspecified atom stereocenters. The lowest BCUT2D eigenvalue weighted by molar-refractivity contribution is 0.0695. The normalized spacial score (nSPS) is 11.3. The fourth-order valence-corrected chi connectivity index (χ4v) is 2.71. The van der Waals surface area contributed by atoms with E-state index in [1.807, 2.05) is 18.2 Å². The maximum absolute atomic E-state index is 14.2. The number of nitrogens with zero attached hydrogens (tertiary/aromatic N) is 1. The molecular formula is C19H13ClFNO3. The van der Waals surface area contributed by atoms with Crippen molar-refractivity contribution in [1.29, 1.82) is 0 Å². The minimum atomic E-state index is -1.34. The molecule has 126 valence electrons. The summed E-state index contributed by atoms with van der Waals surface area (Å²) in [7, 11) is 0.